The average molecular weight is 344 g/mol. The van der Waals surface area contributed by atoms with Gasteiger partial charge in [0.05, 0.1) is 30.3 Å². The highest BCUT2D eigenvalue weighted by Gasteiger charge is 2.18. The smallest absolute Gasteiger partial charge is 0.275 e. The van der Waals surface area contributed by atoms with Crippen LogP contribution in [0.4, 0.5) is 10.1 Å². The Bertz CT molecular complexity index is 760. The molecule has 25 heavy (non-hydrogen) atoms. The van der Waals surface area contributed by atoms with E-state index < -0.39 is 11.7 Å². The van der Waals surface area contributed by atoms with Crippen LogP contribution in [-0.4, -0.2) is 35.6 Å². The highest BCUT2D eigenvalue weighted by atomic mass is 19.1. The fourth-order valence-electron chi connectivity index (χ4n) is 2.57. The summed E-state index contributed by atoms with van der Waals surface area (Å²) in [5, 5.41) is 5.75. The van der Waals surface area contributed by atoms with Crippen molar-refractivity contribution in [3.8, 4) is 0 Å². The fourth-order valence-corrected chi connectivity index (χ4v) is 2.57. The molecule has 132 valence electrons. The summed E-state index contributed by atoms with van der Waals surface area (Å²) in [7, 11) is 0. The highest BCUT2D eigenvalue weighted by Crippen LogP contribution is 2.24. The summed E-state index contributed by atoms with van der Waals surface area (Å²) in [5.41, 5.74) is 1.72. The van der Waals surface area contributed by atoms with Crippen molar-refractivity contribution < 1.29 is 13.9 Å². The van der Waals surface area contributed by atoms with Gasteiger partial charge >= 0.3 is 0 Å². The Balaban J connectivity index is 1.74. The van der Waals surface area contributed by atoms with Crippen LogP contribution in [0.25, 0.3) is 0 Å². The topological polar surface area (TPSA) is 76.1 Å². The van der Waals surface area contributed by atoms with E-state index in [9.17, 15) is 9.18 Å². The number of carbonyl (C=O) groups excluding carboxylic acids is 1. The molecule has 0 spiro atoms. The summed E-state index contributed by atoms with van der Waals surface area (Å²) in [6, 6.07) is 4.69. The van der Waals surface area contributed by atoms with Gasteiger partial charge in [-0.1, -0.05) is 19.9 Å². The Morgan fingerprint density at radius 1 is 1.40 bits per heavy atom. The third kappa shape index (κ3) is 4.18. The number of ether oxygens (including phenoxy) is 1. The first kappa shape index (κ1) is 17.4. The number of hydrogen-bond acceptors (Lipinski definition) is 5. The Morgan fingerprint density at radius 3 is 2.92 bits per heavy atom. The summed E-state index contributed by atoms with van der Waals surface area (Å²) in [6.45, 7) is 5.96. The van der Waals surface area contributed by atoms with Gasteiger partial charge in [-0.25, -0.2) is 9.37 Å². The standard InChI is InChI=1S/C18H21FN4O2/c1-11(2)15-8-21-9-16(22-15)18(24)23-14-4-3-12(7-13(14)19)17-10-20-5-6-25-17/h3-4,7-9,11,17,20H,5-6,10H2,1-2H3,(H,23,24). The maximum absolute atomic E-state index is 14.4. The molecule has 0 saturated carbocycles. The zero-order chi connectivity index (χ0) is 17.8. The third-order valence-electron chi connectivity index (χ3n) is 4.02. The van der Waals surface area contributed by atoms with E-state index in [2.05, 4.69) is 20.6 Å². The second kappa shape index (κ2) is 7.67. The van der Waals surface area contributed by atoms with E-state index >= 15 is 0 Å². The average Bonchev–Trinajstić information content (AvgIpc) is 2.64. The molecule has 2 N–H and O–H groups in total. The van der Waals surface area contributed by atoms with E-state index in [-0.39, 0.29) is 23.4 Å². The van der Waals surface area contributed by atoms with Crippen molar-refractivity contribution in [2.75, 3.05) is 25.0 Å². The van der Waals surface area contributed by atoms with Gasteiger partial charge in [0.15, 0.2) is 0 Å². The molecule has 1 aromatic heterocycles. The summed E-state index contributed by atoms with van der Waals surface area (Å²) >= 11 is 0. The lowest BCUT2D eigenvalue weighted by Crippen LogP contribution is -2.33. The molecular weight excluding hydrogens is 323 g/mol. The molecule has 1 fully saturated rings. The van der Waals surface area contributed by atoms with Gasteiger partial charge in [0.2, 0.25) is 0 Å². The van der Waals surface area contributed by atoms with E-state index in [1.807, 2.05) is 13.8 Å². The van der Waals surface area contributed by atoms with E-state index in [1.54, 1.807) is 18.3 Å². The maximum atomic E-state index is 14.4. The van der Waals surface area contributed by atoms with E-state index in [1.165, 1.54) is 12.3 Å². The van der Waals surface area contributed by atoms with E-state index in [4.69, 9.17) is 4.74 Å². The molecule has 2 heterocycles. The van der Waals surface area contributed by atoms with Gasteiger partial charge in [0.1, 0.15) is 11.5 Å². The normalized spacial score (nSPS) is 17.5. The minimum atomic E-state index is -0.506. The molecule has 1 saturated heterocycles. The SMILES string of the molecule is CC(C)c1cncc(C(=O)Nc2ccc(C3CNCCO3)cc2F)n1. The van der Waals surface area contributed by atoms with E-state index in [0.717, 1.165) is 12.1 Å². The molecular formula is C18H21FN4O2. The highest BCUT2D eigenvalue weighted by molar-refractivity contribution is 6.02. The van der Waals surface area contributed by atoms with Crippen LogP contribution in [0.1, 0.15) is 47.6 Å². The Morgan fingerprint density at radius 2 is 2.24 bits per heavy atom. The first-order valence-electron chi connectivity index (χ1n) is 8.29. The molecule has 1 aromatic carbocycles. The molecule has 1 atom stereocenters. The largest absolute Gasteiger partial charge is 0.371 e. The number of carbonyl (C=O) groups is 1. The predicted molar refractivity (Wildman–Crippen MR) is 92.0 cm³/mol. The Labute approximate surface area is 145 Å². The van der Waals surface area contributed by atoms with Gasteiger partial charge in [0.25, 0.3) is 5.91 Å². The maximum Gasteiger partial charge on any atom is 0.275 e. The monoisotopic (exact) mass is 344 g/mol. The van der Waals surface area contributed by atoms with Gasteiger partial charge in [-0.15, -0.1) is 0 Å². The molecule has 1 amide bonds. The lowest BCUT2D eigenvalue weighted by Gasteiger charge is -2.24. The number of nitrogens with one attached hydrogen (secondary N) is 2. The molecule has 3 rings (SSSR count). The molecule has 7 heteroatoms. The number of hydrogen-bond donors (Lipinski definition) is 2. The van der Waals surface area contributed by atoms with Gasteiger partial charge in [-0.05, 0) is 23.6 Å². The second-order valence-electron chi connectivity index (χ2n) is 6.24. The van der Waals surface area contributed by atoms with E-state index in [0.29, 0.717) is 18.8 Å². The predicted octanol–water partition coefficient (Wildman–Crippen LogP) is 2.65. The zero-order valence-electron chi connectivity index (χ0n) is 14.3. The molecule has 6 nitrogen and oxygen atoms in total. The third-order valence-corrected chi connectivity index (χ3v) is 4.02. The lowest BCUT2D eigenvalue weighted by molar-refractivity contribution is 0.0275. The van der Waals surface area contributed by atoms with Crippen molar-refractivity contribution >= 4 is 11.6 Å². The lowest BCUT2D eigenvalue weighted by atomic mass is 10.1. The van der Waals surface area contributed by atoms with Crippen LogP contribution in [-0.2, 0) is 4.74 Å². The molecule has 1 aliphatic rings. The number of benzene rings is 1. The molecule has 0 radical (unpaired) electrons. The number of aromatic nitrogens is 2. The van der Waals surface area contributed by atoms with Crippen LogP contribution >= 0.6 is 0 Å². The number of halogens is 1. The molecule has 0 bridgehead atoms. The van der Waals surface area contributed by atoms with Crippen LogP contribution in [0.15, 0.2) is 30.6 Å². The summed E-state index contributed by atoms with van der Waals surface area (Å²) < 4.78 is 20.0. The van der Waals surface area contributed by atoms with Gasteiger partial charge < -0.3 is 15.4 Å². The number of nitrogens with zero attached hydrogens (tertiary/aromatic N) is 2. The molecule has 1 aliphatic heterocycles. The van der Waals surface area contributed by atoms with Crippen molar-refractivity contribution in [1.29, 1.82) is 0 Å². The summed E-state index contributed by atoms with van der Waals surface area (Å²) in [4.78, 5) is 20.6. The quantitative estimate of drug-likeness (QED) is 0.892. The van der Waals surface area contributed by atoms with Crippen LogP contribution in [0.5, 0.6) is 0 Å². The number of amides is 1. The Hall–Kier alpha value is -2.38. The molecule has 1 unspecified atom stereocenters. The minimum absolute atomic E-state index is 0.106. The van der Waals surface area contributed by atoms with Crippen LogP contribution in [0.3, 0.4) is 0 Å². The van der Waals surface area contributed by atoms with Gasteiger partial charge in [-0.2, -0.15) is 0 Å². The van der Waals surface area contributed by atoms with Crippen LogP contribution in [0, 0.1) is 5.82 Å². The van der Waals surface area contributed by atoms with Crippen molar-refractivity contribution in [3.05, 3.63) is 53.4 Å². The summed E-state index contributed by atoms with van der Waals surface area (Å²) in [6.07, 6.45) is 2.81. The fraction of sp³-hybridized carbons (Fsp3) is 0.389. The number of anilines is 1. The number of rotatable bonds is 4. The summed E-state index contributed by atoms with van der Waals surface area (Å²) in [5.74, 6) is -0.842. The van der Waals surface area contributed by atoms with Crippen molar-refractivity contribution in [2.24, 2.45) is 0 Å². The van der Waals surface area contributed by atoms with Crippen molar-refractivity contribution in [1.82, 2.24) is 15.3 Å². The van der Waals surface area contributed by atoms with Gasteiger partial charge in [0, 0.05) is 19.3 Å². The first-order chi connectivity index (χ1) is 12.0. The van der Waals surface area contributed by atoms with Crippen LogP contribution in [0.2, 0.25) is 0 Å². The molecule has 2 aromatic rings. The number of morpholine rings is 1. The first-order valence-corrected chi connectivity index (χ1v) is 8.29. The minimum Gasteiger partial charge on any atom is -0.371 e. The second-order valence-corrected chi connectivity index (χ2v) is 6.24. The van der Waals surface area contributed by atoms with Crippen molar-refractivity contribution in [2.45, 2.75) is 25.9 Å². The van der Waals surface area contributed by atoms with Crippen molar-refractivity contribution in [3.63, 3.8) is 0 Å². The zero-order valence-corrected chi connectivity index (χ0v) is 14.3. The Kier molecular flexibility index (Phi) is 5.35. The van der Waals surface area contributed by atoms with Crippen LogP contribution < -0.4 is 10.6 Å². The van der Waals surface area contributed by atoms with Gasteiger partial charge in [-0.3, -0.25) is 9.78 Å². The molecule has 0 aliphatic carbocycles.